The Labute approximate surface area is 102 Å². The Kier molecular flexibility index (Phi) is 2.90. The van der Waals surface area contributed by atoms with Crippen LogP contribution in [0.15, 0.2) is 40.1 Å². The molecule has 0 fully saturated rings. The van der Waals surface area contributed by atoms with Gasteiger partial charge in [-0.05, 0) is 23.8 Å². The predicted molar refractivity (Wildman–Crippen MR) is 60.9 cm³/mol. The standard InChI is InChI=1S/C11H6Cl2O3/c12-9-8(16-11(15)10(9)13)5-6-2-1-3-7(14)4-6/h1-5,14H/b8-5+. The molecule has 82 valence electrons. The minimum absolute atomic E-state index is 0.0787. The number of carbonyl (C=O) groups excluding carboxylic acids is 1. The van der Waals surface area contributed by atoms with E-state index in [9.17, 15) is 9.90 Å². The fourth-order valence-corrected chi connectivity index (χ4v) is 1.55. The molecule has 0 bridgehead atoms. The van der Waals surface area contributed by atoms with E-state index < -0.39 is 5.97 Å². The number of hydrogen-bond donors (Lipinski definition) is 1. The maximum absolute atomic E-state index is 11.1. The van der Waals surface area contributed by atoms with Crippen molar-refractivity contribution in [1.29, 1.82) is 0 Å². The summed E-state index contributed by atoms with van der Waals surface area (Å²) in [6.45, 7) is 0. The molecule has 0 unspecified atom stereocenters. The molecule has 0 radical (unpaired) electrons. The molecule has 5 heteroatoms. The number of ether oxygens (including phenoxy) is 1. The lowest BCUT2D eigenvalue weighted by Gasteiger charge is -1.98. The molecule has 0 spiro atoms. The van der Waals surface area contributed by atoms with Gasteiger partial charge in [0.1, 0.15) is 15.8 Å². The Morgan fingerprint density at radius 1 is 1.25 bits per heavy atom. The molecular formula is C11H6Cl2O3. The van der Waals surface area contributed by atoms with Crippen LogP contribution in [0, 0.1) is 0 Å². The van der Waals surface area contributed by atoms with Crippen LogP contribution in [0.4, 0.5) is 0 Å². The Hall–Kier alpha value is -1.45. The number of allylic oxidation sites excluding steroid dienone is 1. The maximum atomic E-state index is 11.1. The Balaban J connectivity index is 2.37. The summed E-state index contributed by atoms with van der Waals surface area (Å²) in [5, 5.41) is 9.20. The van der Waals surface area contributed by atoms with Crippen molar-refractivity contribution in [3.05, 3.63) is 45.7 Å². The van der Waals surface area contributed by atoms with Crippen LogP contribution in [0.5, 0.6) is 5.75 Å². The minimum Gasteiger partial charge on any atom is -0.508 e. The van der Waals surface area contributed by atoms with Crippen molar-refractivity contribution in [2.45, 2.75) is 0 Å². The van der Waals surface area contributed by atoms with Gasteiger partial charge in [0.2, 0.25) is 0 Å². The van der Waals surface area contributed by atoms with Gasteiger partial charge >= 0.3 is 5.97 Å². The highest BCUT2D eigenvalue weighted by Crippen LogP contribution is 2.33. The van der Waals surface area contributed by atoms with Crippen molar-refractivity contribution in [1.82, 2.24) is 0 Å². The van der Waals surface area contributed by atoms with Crippen LogP contribution in [0.2, 0.25) is 0 Å². The van der Waals surface area contributed by atoms with E-state index in [-0.39, 0.29) is 21.6 Å². The molecular weight excluding hydrogens is 251 g/mol. The number of benzene rings is 1. The zero-order chi connectivity index (χ0) is 11.7. The second kappa shape index (κ2) is 4.20. The number of esters is 1. The highest BCUT2D eigenvalue weighted by Gasteiger charge is 2.27. The van der Waals surface area contributed by atoms with Crippen molar-refractivity contribution in [3.63, 3.8) is 0 Å². The molecule has 1 N–H and O–H groups in total. The van der Waals surface area contributed by atoms with E-state index in [1.807, 2.05) is 0 Å². The third-order valence-electron chi connectivity index (χ3n) is 1.96. The Morgan fingerprint density at radius 2 is 2.00 bits per heavy atom. The Morgan fingerprint density at radius 3 is 2.56 bits per heavy atom. The first-order valence-corrected chi connectivity index (χ1v) is 5.12. The normalized spacial score (nSPS) is 18.1. The first-order valence-electron chi connectivity index (χ1n) is 4.36. The number of aromatic hydroxyl groups is 1. The quantitative estimate of drug-likeness (QED) is 0.786. The SMILES string of the molecule is O=C1O/C(=C/c2cccc(O)c2)C(Cl)=C1Cl. The van der Waals surface area contributed by atoms with Crippen LogP contribution in [-0.4, -0.2) is 11.1 Å². The Bertz CT molecular complexity index is 518. The summed E-state index contributed by atoms with van der Waals surface area (Å²) in [7, 11) is 0. The smallest absolute Gasteiger partial charge is 0.356 e. The maximum Gasteiger partial charge on any atom is 0.356 e. The van der Waals surface area contributed by atoms with E-state index in [2.05, 4.69) is 0 Å². The lowest BCUT2D eigenvalue weighted by Crippen LogP contribution is -1.93. The summed E-state index contributed by atoms with van der Waals surface area (Å²) in [6.07, 6.45) is 1.52. The summed E-state index contributed by atoms with van der Waals surface area (Å²) < 4.78 is 4.83. The third-order valence-corrected chi connectivity index (χ3v) is 2.77. The lowest BCUT2D eigenvalue weighted by atomic mass is 10.2. The fourth-order valence-electron chi connectivity index (χ4n) is 1.25. The highest BCUT2D eigenvalue weighted by molar-refractivity contribution is 6.50. The minimum atomic E-state index is -0.668. The van der Waals surface area contributed by atoms with Gasteiger partial charge in [0.25, 0.3) is 0 Å². The number of cyclic esters (lactones) is 1. The molecule has 2 rings (SSSR count). The number of rotatable bonds is 1. The first-order chi connectivity index (χ1) is 7.58. The molecule has 0 saturated carbocycles. The molecule has 0 saturated heterocycles. The summed E-state index contributed by atoms with van der Waals surface area (Å²) in [5.41, 5.74) is 0.660. The molecule has 0 atom stereocenters. The monoisotopic (exact) mass is 256 g/mol. The fraction of sp³-hybridized carbons (Fsp3) is 0. The second-order valence-corrected chi connectivity index (χ2v) is 3.88. The summed E-state index contributed by atoms with van der Waals surface area (Å²) in [4.78, 5) is 11.1. The first kappa shape index (κ1) is 11.0. The molecule has 1 aromatic rings. The van der Waals surface area contributed by atoms with Crippen LogP contribution < -0.4 is 0 Å². The van der Waals surface area contributed by atoms with E-state index in [0.717, 1.165) is 0 Å². The lowest BCUT2D eigenvalue weighted by molar-refractivity contribution is -0.132. The summed E-state index contributed by atoms with van der Waals surface area (Å²) in [5.74, 6) is -0.370. The number of halogens is 2. The van der Waals surface area contributed by atoms with Crippen LogP contribution in [0.3, 0.4) is 0 Å². The number of phenolic OH excluding ortho intramolecular Hbond substituents is 1. The largest absolute Gasteiger partial charge is 0.508 e. The predicted octanol–water partition coefficient (Wildman–Crippen LogP) is 2.98. The van der Waals surface area contributed by atoms with E-state index >= 15 is 0 Å². The third kappa shape index (κ3) is 2.05. The molecule has 0 aromatic heterocycles. The molecule has 0 amide bonds. The van der Waals surface area contributed by atoms with Gasteiger partial charge in [0.15, 0.2) is 5.76 Å². The van der Waals surface area contributed by atoms with Crippen molar-refractivity contribution in [2.75, 3.05) is 0 Å². The zero-order valence-corrected chi connectivity index (χ0v) is 9.42. The van der Waals surface area contributed by atoms with Crippen LogP contribution in [0.25, 0.3) is 6.08 Å². The van der Waals surface area contributed by atoms with Gasteiger partial charge in [-0.2, -0.15) is 0 Å². The second-order valence-electron chi connectivity index (χ2n) is 3.12. The van der Waals surface area contributed by atoms with E-state index in [1.54, 1.807) is 12.1 Å². The average molecular weight is 257 g/mol. The van der Waals surface area contributed by atoms with Crippen LogP contribution in [0.1, 0.15) is 5.56 Å². The van der Waals surface area contributed by atoms with Gasteiger partial charge in [0.05, 0.1) is 0 Å². The van der Waals surface area contributed by atoms with E-state index in [1.165, 1.54) is 18.2 Å². The average Bonchev–Trinajstić information content (AvgIpc) is 2.47. The van der Waals surface area contributed by atoms with E-state index in [0.29, 0.717) is 5.56 Å². The van der Waals surface area contributed by atoms with E-state index in [4.69, 9.17) is 27.9 Å². The molecule has 0 aliphatic carbocycles. The molecule has 16 heavy (non-hydrogen) atoms. The molecule has 1 aliphatic rings. The summed E-state index contributed by atoms with van der Waals surface area (Å²) >= 11 is 11.4. The van der Waals surface area contributed by atoms with Crippen molar-refractivity contribution >= 4 is 35.2 Å². The van der Waals surface area contributed by atoms with Gasteiger partial charge in [-0.1, -0.05) is 35.3 Å². The zero-order valence-electron chi connectivity index (χ0n) is 7.91. The van der Waals surface area contributed by atoms with Crippen molar-refractivity contribution < 1.29 is 14.6 Å². The van der Waals surface area contributed by atoms with Gasteiger partial charge in [-0.3, -0.25) is 0 Å². The number of carbonyl (C=O) groups is 1. The summed E-state index contributed by atoms with van der Waals surface area (Å²) in [6, 6.07) is 6.44. The topological polar surface area (TPSA) is 46.5 Å². The van der Waals surface area contributed by atoms with Gasteiger partial charge < -0.3 is 9.84 Å². The van der Waals surface area contributed by atoms with Crippen LogP contribution >= 0.6 is 23.2 Å². The molecule has 3 nitrogen and oxygen atoms in total. The highest BCUT2D eigenvalue weighted by atomic mass is 35.5. The molecule has 1 aliphatic heterocycles. The van der Waals surface area contributed by atoms with Crippen LogP contribution in [-0.2, 0) is 9.53 Å². The molecule has 1 heterocycles. The van der Waals surface area contributed by atoms with Crippen molar-refractivity contribution in [2.24, 2.45) is 0 Å². The van der Waals surface area contributed by atoms with Crippen molar-refractivity contribution in [3.8, 4) is 5.75 Å². The van der Waals surface area contributed by atoms with Gasteiger partial charge in [-0.25, -0.2) is 4.79 Å². The number of phenols is 1. The van der Waals surface area contributed by atoms with Gasteiger partial charge in [0, 0.05) is 0 Å². The number of hydrogen-bond acceptors (Lipinski definition) is 3. The van der Waals surface area contributed by atoms with Gasteiger partial charge in [-0.15, -0.1) is 0 Å². The molecule has 1 aromatic carbocycles.